The van der Waals surface area contributed by atoms with E-state index in [9.17, 15) is 0 Å². The predicted molar refractivity (Wildman–Crippen MR) is 58.0 cm³/mol. The van der Waals surface area contributed by atoms with Gasteiger partial charge in [-0.2, -0.15) is 0 Å². The van der Waals surface area contributed by atoms with Crippen molar-refractivity contribution in [3.8, 4) is 0 Å². The number of nitrogen functional groups attached to an aromatic ring is 1. The summed E-state index contributed by atoms with van der Waals surface area (Å²) in [6.07, 6.45) is 1.10. The molecule has 0 amide bonds. The Morgan fingerprint density at radius 1 is 1.50 bits per heavy atom. The van der Waals surface area contributed by atoms with Crippen LogP contribution in [0.3, 0.4) is 0 Å². The van der Waals surface area contributed by atoms with Gasteiger partial charge in [-0.15, -0.1) is 0 Å². The summed E-state index contributed by atoms with van der Waals surface area (Å²) in [7, 11) is 0. The van der Waals surface area contributed by atoms with E-state index in [4.69, 9.17) is 10.5 Å². The zero-order valence-corrected chi connectivity index (χ0v) is 9.00. The molecule has 1 aromatic carbocycles. The van der Waals surface area contributed by atoms with Gasteiger partial charge in [0.25, 0.3) is 0 Å². The van der Waals surface area contributed by atoms with Crippen LogP contribution in [0.15, 0.2) is 18.2 Å². The monoisotopic (exact) mass is 191 g/mol. The van der Waals surface area contributed by atoms with Crippen molar-refractivity contribution in [2.75, 3.05) is 5.73 Å². The molecule has 0 aromatic heterocycles. The third kappa shape index (κ3) is 1.14. The Bertz CT molecular complexity index is 361. The summed E-state index contributed by atoms with van der Waals surface area (Å²) in [5, 5.41) is 0. The van der Waals surface area contributed by atoms with Crippen molar-refractivity contribution in [1.29, 1.82) is 0 Å². The Labute approximate surface area is 85.1 Å². The summed E-state index contributed by atoms with van der Waals surface area (Å²) in [6, 6.07) is 6.07. The number of nitrogens with two attached hydrogens (primary N) is 1. The molecule has 1 aliphatic rings. The Morgan fingerprint density at radius 3 is 2.86 bits per heavy atom. The zero-order chi connectivity index (χ0) is 10.3. The van der Waals surface area contributed by atoms with Crippen LogP contribution in [0.1, 0.15) is 44.4 Å². The molecule has 14 heavy (non-hydrogen) atoms. The third-order valence-electron chi connectivity index (χ3n) is 3.23. The van der Waals surface area contributed by atoms with E-state index in [1.165, 1.54) is 11.1 Å². The molecule has 0 saturated heterocycles. The third-order valence-corrected chi connectivity index (χ3v) is 3.23. The predicted octanol–water partition coefficient (Wildman–Crippen LogP) is 2.99. The van der Waals surface area contributed by atoms with Crippen molar-refractivity contribution < 1.29 is 4.74 Å². The summed E-state index contributed by atoms with van der Waals surface area (Å²) in [4.78, 5) is 0. The molecule has 0 aliphatic carbocycles. The second-order valence-corrected chi connectivity index (χ2v) is 4.15. The number of hydrogen-bond donors (Lipinski definition) is 1. The lowest BCUT2D eigenvalue weighted by Crippen LogP contribution is -2.19. The van der Waals surface area contributed by atoms with E-state index in [2.05, 4.69) is 26.8 Å². The van der Waals surface area contributed by atoms with Crippen LogP contribution in [-0.2, 0) is 10.3 Å². The highest BCUT2D eigenvalue weighted by Crippen LogP contribution is 2.46. The highest BCUT2D eigenvalue weighted by Gasteiger charge is 2.38. The van der Waals surface area contributed by atoms with E-state index in [-0.39, 0.29) is 11.7 Å². The topological polar surface area (TPSA) is 35.2 Å². The van der Waals surface area contributed by atoms with Gasteiger partial charge in [0.2, 0.25) is 0 Å². The van der Waals surface area contributed by atoms with Gasteiger partial charge in [0, 0.05) is 11.3 Å². The van der Waals surface area contributed by atoms with Gasteiger partial charge in [-0.25, -0.2) is 0 Å². The summed E-state index contributed by atoms with van der Waals surface area (Å²) in [6.45, 7) is 6.34. The quantitative estimate of drug-likeness (QED) is 0.692. The molecule has 2 atom stereocenters. The van der Waals surface area contributed by atoms with Crippen LogP contribution in [0.5, 0.6) is 0 Å². The maximum absolute atomic E-state index is 5.97. The van der Waals surface area contributed by atoms with Crippen molar-refractivity contribution in [2.24, 2.45) is 0 Å². The van der Waals surface area contributed by atoms with Gasteiger partial charge in [0.1, 0.15) is 0 Å². The van der Waals surface area contributed by atoms with Gasteiger partial charge in [-0.05, 0) is 31.9 Å². The van der Waals surface area contributed by atoms with Crippen LogP contribution in [0, 0.1) is 0 Å². The second-order valence-electron chi connectivity index (χ2n) is 4.15. The largest absolute Gasteiger partial charge is 0.398 e. The van der Waals surface area contributed by atoms with Crippen LogP contribution in [-0.4, -0.2) is 0 Å². The maximum atomic E-state index is 5.97. The minimum Gasteiger partial charge on any atom is -0.398 e. The molecule has 1 aliphatic heterocycles. The van der Waals surface area contributed by atoms with Gasteiger partial charge in [0.05, 0.1) is 11.7 Å². The normalized spacial score (nSPS) is 30.4. The molecule has 2 N–H and O–H groups in total. The van der Waals surface area contributed by atoms with E-state index < -0.39 is 0 Å². The molecule has 0 fully saturated rings. The lowest BCUT2D eigenvalue weighted by Gasteiger charge is -2.23. The molecule has 2 heteroatoms. The molecule has 1 heterocycles. The van der Waals surface area contributed by atoms with Crippen molar-refractivity contribution >= 4 is 5.69 Å². The minimum atomic E-state index is -0.149. The van der Waals surface area contributed by atoms with E-state index in [0.717, 1.165) is 12.1 Å². The maximum Gasteiger partial charge on any atom is 0.0913 e. The van der Waals surface area contributed by atoms with E-state index >= 15 is 0 Å². The number of rotatable bonds is 1. The van der Waals surface area contributed by atoms with Gasteiger partial charge in [-0.3, -0.25) is 0 Å². The van der Waals surface area contributed by atoms with Crippen molar-refractivity contribution in [3.05, 3.63) is 29.3 Å². The number of hydrogen-bond acceptors (Lipinski definition) is 2. The Balaban J connectivity index is 2.60. The fraction of sp³-hybridized carbons (Fsp3) is 0.500. The molecule has 0 saturated carbocycles. The molecular weight excluding hydrogens is 174 g/mol. The van der Waals surface area contributed by atoms with Crippen LogP contribution in [0.4, 0.5) is 5.69 Å². The number of fused-ring (bicyclic) bond motifs is 1. The lowest BCUT2D eigenvalue weighted by atomic mass is 9.90. The van der Waals surface area contributed by atoms with E-state index in [1.54, 1.807) is 0 Å². The van der Waals surface area contributed by atoms with Crippen LogP contribution >= 0.6 is 0 Å². The standard InChI is InChI=1S/C12H17NO/c1-4-12(3)9-6-5-7-10(13)11(9)8(2)14-12/h5-8H,4,13H2,1-3H3. The molecule has 0 radical (unpaired) electrons. The Morgan fingerprint density at radius 2 is 2.21 bits per heavy atom. The molecule has 1 aromatic rings. The first kappa shape index (κ1) is 9.53. The van der Waals surface area contributed by atoms with E-state index in [1.807, 2.05) is 12.1 Å². The fourth-order valence-corrected chi connectivity index (χ4v) is 2.28. The lowest BCUT2D eigenvalue weighted by molar-refractivity contribution is -0.0590. The minimum absolute atomic E-state index is 0.121. The molecule has 0 spiro atoms. The molecule has 0 bridgehead atoms. The summed E-state index contributed by atoms with van der Waals surface area (Å²) >= 11 is 0. The first-order chi connectivity index (χ1) is 6.58. The number of ether oxygens (including phenoxy) is 1. The van der Waals surface area contributed by atoms with Gasteiger partial charge in [0.15, 0.2) is 0 Å². The van der Waals surface area contributed by atoms with Gasteiger partial charge < -0.3 is 10.5 Å². The zero-order valence-electron chi connectivity index (χ0n) is 9.00. The summed E-state index contributed by atoms with van der Waals surface area (Å²) in [5.74, 6) is 0. The number of anilines is 1. The first-order valence-electron chi connectivity index (χ1n) is 5.15. The molecular formula is C12H17NO. The van der Waals surface area contributed by atoms with Gasteiger partial charge >= 0.3 is 0 Å². The fourth-order valence-electron chi connectivity index (χ4n) is 2.28. The number of benzene rings is 1. The molecule has 76 valence electrons. The van der Waals surface area contributed by atoms with Crippen LogP contribution in [0.2, 0.25) is 0 Å². The van der Waals surface area contributed by atoms with Crippen LogP contribution < -0.4 is 5.73 Å². The van der Waals surface area contributed by atoms with Crippen molar-refractivity contribution in [1.82, 2.24) is 0 Å². The summed E-state index contributed by atoms with van der Waals surface area (Å²) in [5.41, 5.74) is 9.10. The van der Waals surface area contributed by atoms with Crippen LogP contribution in [0.25, 0.3) is 0 Å². The second kappa shape index (κ2) is 2.99. The average molecular weight is 191 g/mol. The first-order valence-corrected chi connectivity index (χ1v) is 5.15. The van der Waals surface area contributed by atoms with Crippen molar-refractivity contribution in [3.63, 3.8) is 0 Å². The Kier molecular flexibility index (Phi) is 2.04. The SMILES string of the molecule is CCC1(C)OC(C)c2c(N)cccc21. The van der Waals surface area contributed by atoms with E-state index in [0.29, 0.717) is 0 Å². The van der Waals surface area contributed by atoms with Gasteiger partial charge in [-0.1, -0.05) is 19.1 Å². The Hall–Kier alpha value is -1.02. The summed E-state index contributed by atoms with van der Waals surface area (Å²) < 4.78 is 5.97. The molecule has 2 rings (SSSR count). The molecule has 2 nitrogen and oxygen atoms in total. The average Bonchev–Trinajstić information content (AvgIpc) is 2.41. The highest BCUT2D eigenvalue weighted by atomic mass is 16.5. The molecule has 2 unspecified atom stereocenters. The smallest absolute Gasteiger partial charge is 0.0913 e. The van der Waals surface area contributed by atoms with Crippen molar-refractivity contribution in [2.45, 2.75) is 38.9 Å². The highest BCUT2D eigenvalue weighted by molar-refractivity contribution is 5.55.